The summed E-state index contributed by atoms with van der Waals surface area (Å²) in [6, 6.07) is 10.1. The second-order valence-electron chi connectivity index (χ2n) is 6.86. The first kappa shape index (κ1) is 17.3. The van der Waals surface area contributed by atoms with Gasteiger partial charge in [-0.15, -0.1) is 16.9 Å². The van der Waals surface area contributed by atoms with Crippen LogP contribution in [0.15, 0.2) is 35.2 Å². The number of rotatable bonds is 3. The number of aromatic nitrogens is 2. The van der Waals surface area contributed by atoms with Crippen molar-refractivity contribution in [3.05, 3.63) is 47.2 Å². The van der Waals surface area contributed by atoms with E-state index < -0.39 is 0 Å². The number of fused-ring (bicyclic) bond motifs is 1. The molecule has 1 aliphatic carbocycles. The van der Waals surface area contributed by atoms with E-state index in [1.807, 2.05) is 35.4 Å². The molecule has 1 aromatic carbocycles. The molecule has 2 aromatic rings. The highest BCUT2D eigenvalue weighted by molar-refractivity contribution is 7.98. The van der Waals surface area contributed by atoms with Crippen molar-refractivity contribution in [1.29, 1.82) is 0 Å². The average Bonchev–Trinajstić information content (AvgIpc) is 2.73. The highest BCUT2D eigenvalue weighted by atomic mass is 32.2. The molecule has 2 aliphatic rings. The van der Waals surface area contributed by atoms with Crippen molar-refractivity contribution in [3.8, 4) is 0 Å². The zero-order valence-electron chi connectivity index (χ0n) is 15.1. The molecule has 136 valence electrons. The highest BCUT2D eigenvalue weighted by Gasteiger charge is 2.25. The Hall–Kier alpha value is -2.08. The van der Waals surface area contributed by atoms with Gasteiger partial charge in [-0.2, -0.15) is 5.10 Å². The molecule has 0 unspecified atom stereocenters. The maximum Gasteiger partial charge on any atom is 0.255 e. The summed E-state index contributed by atoms with van der Waals surface area (Å²) in [6.07, 6.45) is 6.65. The van der Waals surface area contributed by atoms with Gasteiger partial charge in [0.05, 0.1) is 11.3 Å². The van der Waals surface area contributed by atoms with E-state index >= 15 is 0 Å². The Morgan fingerprint density at radius 2 is 1.81 bits per heavy atom. The predicted octanol–water partition coefficient (Wildman–Crippen LogP) is 3.04. The van der Waals surface area contributed by atoms with Crippen LogP contribution in [0.25, 0.3) is 0 Å². The molecule has 0 atom stereocenters. The molecule has 1 amide bonds. The number of carbonyl (C=O) groups is 1. The van der Waals surface area contributed by atoms with Gasteiger partial charge in [0, 0.05) is 31.1 Å². The zero-order chi connectivity index (χ0) is 17.9. The Morgan fingerprint density at radius 1 is 1.04 bits per heavy atom. The average molecular weight is 369 g/mol. The van der Waals surface area contributed by atoms with Crippen molar-refractivity contribution in [2.45, 2.75) is 30.6 Å². The summed E-state index contributed by atoms with van der Waals surface area (Å²) in [4.78, 5) is 18.1. The molecule has 0 radical (unpaired) electrons. The summed E-state index contributed by atoms with van der Waals surface area (Å²) in [5, 5.41) is 8.88. The van der Waals surface area contributed by atoms with Crippen LogP contribution >= 0.6 is 11.8 Å². The minimum Gasteiger partial charge on any atom is -0.352 e. The normalized spacial score (nSPS) is 17.1. The summed E-state index contributed by atoms with van der Waals surface area (Å²) in [5.41, 5.74) is 3.33. The van der Waals surface area contributed by atoms with Gasteiger partial charge in [0.15, 0.2) is 5.82 Å². The molecule has 0 spiro atoms. The lowest BCUT2D eigenvalue weighted by Gasteiger charge is -2.35. The van der Waals surface area contributed by atoms with Crippen LogP contribution in [0.3, 0.4) is 0 Å². The van der Waals surface area contributed by atoms with E-state index in [0.717, 1.165) is 55.3 Å². The van der Waals surface area contributed by atoms with Gasteiger partial charge in [0.2, 0.25) is 0 Å². The predicted molar refractivity (Wildman–Crippen MR) is 105 cm³/mol. The lowest BCUT2D eigenvalue weighted by Crippen LogP contribution is -2.49. The molecule has 5 nitrogen and oxygen atoms in total. The van der Waals surface area contributed by atoms with Gasteiger partial charge < -0.3 is 9.80 Å². The molecule has 1 aliphatic heterocycles. The number of benzene rings is 1. The largest absolute Gasteiger partial charge is 0.352 e. The van der Waals surface area contributed by atoms with Gasteiger partial charge in [-0.1, -0.05) is 12.1 Å². The summed E-state index contributed by atoms with van der Waals surface area (Å²) >= 11 is 1.62. The lowest BCUT2D eigenvalue weighted by molar-refractivity contribution is 0.0743. The van der Waals surface area contributed by atoms with Gasteiger partial charge in [0.25, 0.3) is 5.91 Å². The molecular weight excluding hydrogens is 344 g/mol. The molecule has 6 heteroatoms. The van der Waals surface area contributed by atoms with E-state index in [1.165, 1.54) is 24.1 Å². The van der Waals surface area contributed by atoms with Crippen LogP contribution in [0.1, 0.15) is 34.5 Å². The number of anilines is 1. The second-order valence-corrected chi connectivity index (χ2v) is 7.71. The fourth-order valence-electron chi connectivity index (χ4n) is 3.76. The number of hydrogen-bond acceptors (Lipinski definition) is 5. The monoisotopic (exact) mass is 368 g/mol. The number of piperazine rings is 1. The van der Waals surface area contributed by atoms with Crippen molar-refractivity contribution < 1.29 is 4.79 Å². The molecule has 4 rings (SSSR count). The highest BCUT2D eigenvalue weighted by Crippen LogP contribution is 2.24. The Morgan fingerprint density at radius 3 is 2.62 bits per heavy atom. The number of thioether (sulfide) groups is 1. The van der Waals surface area contributed by atoms with E-state index in [1.54, 1.807) is 11.8 Å². The van der Waals surface area contributed by atoms with E-state index in [0.29, 0.717) is 0 Å². The fraction of sp³-hybridized carbons (Fsp3) is 0.450. The maximum absolute atomic E-state index is 12.9. The van der Waals surface area contributed by atoms with E-state index in [2.05, 4.69) is 21.2 Å². The van der Waals surface area contributed by atoms with Gasteiger partial charge in [-0.25, -0.2) is 0 Å². The molecule has 1 fully saturated rings. The summed E-state index contributed by atoms with van der Waals surface area (Å²) < 4.78 is 0. The molecule has 1 aromatic heterocycles. The van der Waals surface area contributed by atoms with Crippen molar-refractivity contribution in [3.63, 3.8) is 0 Å². The number of nitrogens with zero attached hydrogens (tertiary/aromatic N) is 4. The minimum atomic E-state index is 0.131. The van der Waals surface area contributed by atoms with Crippen molar-refractivity contribution >= 4 is 23.5 Å². The first-order chi connectivity index (χ1) is 12.8. The van der Waals surface area contributed by atoms with Gasteiger partial charge >= 0.3 is 0 Å². The second kappa shape index (κ2) is 7.66. The standard InChI is InChI=1S/C20H24N4OS/c1-26-18-9-5-3-7-16(18)20(25)24-12-10-23(11-13-24)19-14-15-6-2-4-8-17(15)21-22-19/h3,5,7,9,14H,2,4,6,8,10-13H2,1H3. The van der Waals surface area contributed by atoms with Crippen LogP contribution in [0.4, 0.5) is 5.82 Å². The first-order valence-electron chi connectivity index (χ1n) is 9.29. The van der Waals surface area contributed by atoms with Crippen molar-refractivity contribution in [2.75, 3.05) is 37.3 Å². The minimum absolute atomic E-state index is 0.131. The molecule has 0 saturated carbocycles. The number of aryl methyl sites for hydroxylation is 2. The summed E-state index contributed by atoms with van der Waals surface area (Å²) in [7, 11) is 0. The molecule has 0 N–H and O–H groups in total. The van der Waals surface area contributed by atoms with Crippen LogP contribution in [0.5, 0.6) is 0 Å². The summed E-state index contributed by atoms with van der Waals surface area (Å²) in [5.74, 6) is 1.09. The third kappa shape index (κ3) is 3.43. The Balaban J connectivity index is 1.43. The van der Waals surface area contributed by atoms with Gasteiger partial charge in [0.1, 0.15) is 0 Å². The number of amides is 1. The number of hydrogen-bond donors (Lipinski definition) is 0. The third-order valence-electron chi connectivity index (χ3n) is 5.29. The quantitative estimate of drug-likeness (QED) is 0.780. The van der Waals surface area contributed by atoms with E-state index in [4.69, 9.17) is 0 Å². The van der Waals surface area contributed by atoms with Crippen molar-refractivity contribution in [1.82, 2.24) is 15.1 Å². The van der Waals surface area contributed by atoms with E-state index in [9.17, 15) is 4.79 Å². The van der Waals surface area contributed by atoms with Crippen LogP contribution in [0, 0.1) is 0 Å². The fourth-order valence-corrected chi connectivity index (χ4v) is 4.35. The molecule has 2 heterocycles. The molecular formula is C20H24N4OS. The van der Waals surface area contributed by atoms with Crippen LogP contribution in [0.2, 0.25) is 0 Å². The lowest BCUT2D eigenvalue weighted by atomic mass is 9.97. The van der Waals surface area contributed by atoms with Crippen LogP contribution in [-0.4, -0.2) is 53.4 Å². The molecule has 1 saturated heterocycles. The van der Waals surface area contributed by atoms with E-state index in [-0.39, 0.29) is 5.91 Å². The Bertz CT molecular complexity index is 802. The summed E-state index contributed by atoms with van der Waals surface area (Å²) in [6.45, 7) is 3.06. The van der Waals surface area contributed by atoms with Gasteiger partial charge in [-0.3, -0.25) is 4.79 Å². The number of carbonyl (C=O) groups excluding carboxylic acids is 1. The molecule has 0 bridgehead atoms. The first-order valence-corrected chi connectivity index (χ1v) is 10.5. The topological polar surface area (TPSA) is 49.3 Å². The smallest absolute Gasteiger partial charge is 0.255 e. The van der Waals surface area contributed by atoms with Crippen LogP contribution in [-0.2, 0) is 12.8 Å². The maximum atomic E-state index is 12.9. The zero-order valence-corrected chi connectivity index (χ0v) is 16.0. The van der Waals surface area contributed by atoms with Crippen LogP contribution < -0.4 is 4.90 Å². The van der Waals surface area contributed by atoms with Crippen molar-refractivity contribution in [2.24, 2.45) is 0 Å². The van der Waals surface area contributed by atoms with Gasteiger partial charge in [-0.05, 0) is 55.7 Å². The molecule has 26 heavy (non-hydrogen) atoms. The SMILES string of the molecule is CSc1ccccc1C(=O)N1CCN(c2cc3c(nn2)CCCC3)CC1. The Kier molecular flexibility index (Phi) is 5.11. The third-order valence-corrected chi connectivity index (χ3v) is 6.08. The Labute approximate surface area is 158 Å².